The fourth-order valence-corrected chi connectivity index (χ4v) is 3.54. The molecule has 2 aromatic rings. The number of Topliss-reactive ketones (excluding diaryl/α,β-unsaturated/α-hetero) is 1. The maximum atomic E-state index is 12.6. The molecule has 0 bridgehead atoms. The van der Waals surface area contributed by atoms with Crippen LogP contribution >= 0.6 is 11.6 Å². The molecule has 0 spiro atoms. The molecule has 4 rings (SSSR count). The number of fused-ring (bicyclic) bond motifs is 3. The van der Waals surface area contributed by atoms with Gasteiger partial charge in [-0.15, -0.1) is 0 Å². The topological polar surface area (TPSA) is 72.8 Å². The molecule has 0 amide bonds. The second-order valence-corrected chi connectivity index (χ2v) is 6.96. The highest BCUT2D eigenvalue weighted by atomic mass is 35.5. The average molecular weight is 371 g/mol. The van der Waals surface area contributed by atoms with E-state index < -0.39 is 0 Å². The number of ketones is 1. The minimum absolute atomic E-state index is 0.0365. The molecule has 0 aromatic heterocycles. The van der Waals surface area contributed by atoms with Crippen LogP contribution in [0.5, 0.6) is 17.2 Å². The van der Waals surface area contributed by atoms with Crippen molar-refractivity contribution in [3.63, 3.8) is 0 Å². The van der Waals surface area contributed by atoms with Gasteiger partial charge in [-0.2, -0.15) is 0 Å². The van der Waals surface area contributed by atoms with Gasteiger partial charge in [0.15, 0.2) is 5.76 Å². The van der Waals surface area contributed by atoms with Crippen molar-refractivity contribution in [2.75, 3.05) is 0 Å². The largest absolute Gasteiger partial charge is 0.506 e. The van der Waals surface area contributed by atoms with Crippen molar-refractivity contribution in [3.8, 4) is 17.2 Å². The van der Waals surface area contributed by atoms with Gasteiger partial charge < -0.3 is 14.6 Å². The summed E-state index contributed by atoms with van der Waals surface area (Å²) in [4.78, 5) is 24.7. The van der Waals surface area contributed by atoms with Crippen LogP contribution in [0, 0.1) is 0 Å². The molecule has 5 nitrogen and oxygen atoms in total. The summed E-state index contributed by atoms with van der Waals surface area (Å²) in [5.41, 5.74) is 2.61. The highest BCUT2D eigenvalue weighted by Crippen LogP contribution is 2.49. The third-order valence-electron chi connectivity index (χ3n) is 4.58. The van der Waals surface area contributed by atoms with Gasteiger partial charge in [0, 0.05) is 11.5 Å². The molecule has 0 saturated heterocycles. The van der Waals surface area contributed by atoms with Gasteiger partial charge in [0.25, 0.3) is 0 Å². The molecular weight excluding hydrogens is 356 g/mol. The van der Waals surface area contributed by atoms with Crippen molar-refractivity contribution >= 4 is 23.4 Å². The van der Waals surface area contributed by atoms with Crippen molar-refractivity contribution < 1.29 is 24.2 Å². The van der Waals surface area contributed by atoms with E-state index in [1.165, 1.54) is 6.07 Å². The molecule has 0 fully saturated rings. The van der Waals surface area contributed by atoms with Gasteiger partial charge in [-0.25, -0.2) is 0 Å². The number of phenols is 1. The first kappa shape index (κ1) is 16.7. The fraction of sp³-hybridized carbons (Fsp3) is 0.200. The molecule has 1 N–H and O–H groups in total. The summed E-state index contributed by atoms with van der Waals surface area (Å²) < 4.78 is 11.2. The second kappa shape index (κ2) is 5.88. The SMILES string of the molecule is CC(C)=C1Oc2c(ccc3c2C(c2ccc(O)c(Cl)c2)CC(=O)O3)C1=O. The van der Waals surface area contributed by atoms with Crippen molar-refractivity contribution in [1.82, 2.24) is 0 Å². The molecule has 1 unspecified atom stereocenters. The van der Waals surface area contributed by atoms with Gasteiger partial charge in [-0.3, -0.25) is 9.59 Å². The van der Waals surface area contributed by atoms with E-state index in [0.29, 0.717) is 28.4 Å². The number of benzene rings is 2. The van der Waals surface area contributed by atoms with Crippen LogP contribution in [0.3, 0.4) is 0 Å². The summed E-state index contributed by atoms with van der Waals surface area (Å²) in [5.74, 6) is 0.116. The van der Waals surface area contributed by atoms with Crippen molar-refractivity contribution in [2.24, 2.45) is 0 Å². The quantitative estimate of drug-likeness (QED) is 0.459. The molecule has 2 heterocycles. The molecule has 2 aromatic carbocycles. The Labute approximate surface area is 154 Å². The number of hydrogen-bond donors (Lipinski definition) is 1. The van der Waals surface area contributed by atoms with Crippen molar-refractivity contribution in [1.29, 1.82) is 0 Å². The molecular formula is C20H15ClO5. The van der Waals surface area contributed by atoms with Crippen LogP contribution in [0.15, 0.2) is 41.7 Å². The van der Waals surface area contributed by atoms with Gasteiger partial charge in [-0.1, -0.05) is 17.7 Å². The summed E-state index contributed by atoms with van der Waals surface area (Å²) in [6, 6.07) is 8.03. The van der Waals surface area contributed by atoms with Crippen LogP contribution in [-0.2, 0) is 4.79 Å². The number of rotatable bonds is 1. The van der Waals surface area contributed by atoms with Crippen LogP contribution in [0.4, 0.5) is 0 Å². The minimum Gasteiger partial charge on any atom is -0.506 e. The molecule has 0 radical (unpaired) electrons. The van der Waals surface area contributed by atoms with E-state index in [1.807, 2.05) is 13.8 Å². The number of hydrogen-bond acceptors (Lipinski definition) is 5. The Morgan fingerprint density at radius 3 is 2.62 bits per heavy atom. The van der Waals surface area contributed by atoms with E-state index in [-0.39, 0.29) is 34.9 Å². The van der Waals surface area contributed by atoms with E-state index in [2.05, 4.69) is 0 Å². The summed E-state index contributed by atoms with van der Waals surface area (Å²) in [6.07, 6.45) is 0.0895. The predicted molar refractivity (Wildman–Crippen MR) is 95.0 cm³/mol. The summed E-state index contributed by atoms with van der Waals surface area (Å²) in [6.45, 7) is 3.62. The van der Waals surface area contributed by atoms with Crippen LogP contribution in [0.25, 0.3) is 0 Å². The first-order valence-corrected chi connectivity index (χ1v) is 8.50. The van der Waals surface area contributed by atoms with Crippen molar-refractivity contribution in [3.05, 3.63) is 63.4 Å². The number of carbonyl (C=O) groups is 2. The van der Waals surface area contributed by atoms with Gasteiger partial charge >= 0.3 is 5.97 Å². The monoisotopic (exact) mass is 370 g/mol. The fourth-order valence-electron chi connectivity index (χ4n) is 3.35. The minimum atomic E-state index is -0.386. The van der Waals surface area contributed by atoms with E-state index in [9.17, 15) is 14.7 Å². The molecule has 0 aliphatic carbocycles. The van der Waals surface area contributed by atoms with Gasteiger partial charge in [0.05, 0.1) is 17.0 Å². The Balaban J connectivity index is 1.92. The lowest BCUT2D eigenvalue weighted by Gasteiger charge is -2.26. The van der Waals surface area contributed by atoms with Crippen LogP contribution < -0.4 is 9.47 Å². The number of halogens is 1. The first-order chi connectivity index (χ1) is 12.4. The molecule has 132 valence electrons. The highest BCUT2D eigenvalue weighted by Gasteiger charge is 2.38. The number of carbonyl (C=O) groups excluding carboxylic acids is 2. The summed E-state index contributed by atoms with van der Waals surface area (Å²) in [7, 11) is 0. The number of aromatic hydroxyl groups is 1. The Hall–Kier alpha value is -2.79. The molecule has 6 heteroatoms. The maximum absolute atomic E-state index is 12.6. The summed E-state index contributed by atoms with van der Waals surface area (Å²) >= 11 is 6.04. The Morgan fingerprint density at radius 1 is 1.15 bits per heavy atom. The average Bonchev–Trinajstić information content (AvgIpc) is 2.93. The number of ether oxygens (including phenoxy) is 2. The lowest BCUT2D eigenvalue weighted by atomic mass is 9.84. The number of esters is 1. The Morgan fingerprint density at radius 2 is 1.92 bits per heavy atom. The highest BCUT2D eigenvalue weighted by molar-refractivity contribution is 6.32. The summed E-state index contributed by atoms with van der Waals surface area (Å²) in [5, 5.41) is 9.87. The normalized spacial score (nSPS) is 18.1. The standard InChI is InChI=1S/C20H15ClO5/c1-9(2)19-18(24)11-4-6-15-17(20(11)26-19)12(8-16(23)25-15)10-3-5-14(22)13(21)7-10/h3-7,12,22H,8H2,1-2H3. The van der Waals surface area contributed by atoms with Crippen LogP contribution in [-0.4, -0.2) is 16.9 Å². The third kappa shape index (κ3) is 2.47. The Kier molecular flexibility index (Phi) is 3.77. The van der Waals surface area contributed by atoms with Crippen LogP contribution in [0.2, 0.25) is 5.02 Å². The molecule has 2 aliphatic rings. The molecule has 1 atom stereocenters. The molecule has 2 aliphatic heterocycles. The number of phenolic OH excluding ortho intramolecular Hbond substituents is 1. The lowest BCUT2D eigenvalue weighted by Crippen LogP contribution is -2.21. The molecule has 26 heavy (non-hydrogen) atoms. The zero-order chi connectivity index (χ0) is 18.6. The third-order valence-corrected chi connectivity index (χ3v) is 4.89. The van der Waals surface area contributed by atoms with Gasteiger partial charge in [0.2, 0.25) is 5.78 Å². The maximum Gasteiger partial charge on any atom is 0.312 e. The lowest BCUT2D eigenvalue weighted by molar-refractivity contribution is -0.135. The predicted octanol–water partition coefficient (Wildman–Crippen LogP) is 4.36. The zero-order valence-corrected chi connectivity index (χ0v) is 14.9. The van der Waals surface area contributed by atoms with Crippen molar-refractivity contribution in [2.45, 2.75) is 26.2 Å². The smallest absolute Gasteiger partial charge is 0.312 e. The van der Waals surface area contributed by atoms with Gasteiger partial charge in [-0.05, 0) is 49.2 Å². The zero-order valence-electron chi connectivity index (χ0n) is 14.1. The van der Waals surface area contributed by atoms with E-state index in [0.717, 1.165) is 11.1 Å². The van der Waals surface area contributed by atoms with E-state index in [4.69, 9.17) is 21.1 Å². The van der Waals surface area contributed by atoms with E-state index in [1.54, 1.807) is 24.3 Å². The molecule has 0 saturated carbocycles. The van der Waals surface area contributed by atoms with Crippen LogP contribution in [0.1, 0.15) is 47.7 Å². The first-order valence-electron chi connectivity index (χ1n) is 8.13. The number of allylic oxidation sites excluding steroid dienone is 2. The second-order valence-electron chi connectivity index (χ2n) is 6.56. The Bertz CT molecular complexity index is 1000. The van der Waals surface area contributed by atoms with E-state index >= 15 is 0 Å². The van der Waals surface area contributed by atoms with Gasteiger partial charge in [0.1, 0.15) is 17.2 Å².